The van der Waals surface area contributed by atoms with E-state index in [1.165, 1.54) is 0 Å². The van der Waals surface area contributed by atoms with Crippen molar-refractivity contribution in [3.8, 4) is 28.6 Å². The molecule has 0 radical (unpaired) electrons. The summed E-state index contributed by atoms with van der Waals surface area (Å²) in [5, 5.41) is 4.05. The molecule has 8 heteroatoms. The molecular formula is C22H22ClN3O4. The monoisotopic (exact) mass is 427 g/mol. The number of halogens is 1. The van der Waals surface area contributed by atoms with Crippen LogP contribution in [0.3, 0.4) is 0 Å². The number of methoxy groups -OCH3 is 2. The van der Waals surface area contributed by atoms with E-state index in [0.717, 1.165) is 16.5 Å². The molecule has 4 rings (SSSR count). The number of nitrogens with one attached hydrogen (secondary N) is 1. The van der Waals surface area contributed by atoms with Gasteiger partial charge in [-0.25, -0.2) is 4.98 Å². The van der Waals surface area contributed by atoms with Crippen LogP contribution in [0.15, 0.2) is 36.5 Å². The molecule has 1 aliphatic rings. The fourth-order valence-corrected chi connectivity index (χ4v) is 3.79. The SMILES string of the molecule is COc1cc(-c2cc3ncccc3c(O[C@H](C)[C@H]3CNC(=O)C3)n2)cc(OC)c1Cl. The van der Waals surface area contributed by atoms with Crippen molar-refractivity contribution in [3.63, 3.8) is 0 Å². The van der Waals surface area contributed by atoms with Gasteiger partial charge in [0.25, 0.3) is 0 Å². The number of amides is 1. The number of pyridine rings is 2. The van der Waals surface area contributed by atoms with Crippen molar-refractivity contribution in [2.75, 3.05) is 20.8 Å². The number of aromatic nitrogens is 2. The fourth-order valence-electron chi connectivity index (χ4n) is 3.53. The highest BCUT2D eigenvalue weighted by Gasteiger charge is 2.28. The van der Waals surface area contributed by atoms with Crippen molar-refractivity contribution in [1.82, 2.24) is 15.3 Å². The van der Waals surface area contributed by atoms with Crippen LogP contribution in [-0.4, -0.2) is 42.7 Å². The Morgan fingerprint density at radius 3 is 2.57 bits per heavy atom. The summed E-state index contributed by atoms with van der Waals surface area (Å²) in [4.78, 5) is 20.8. The van der Waals surface area contributed by atoms with Crippen molar-refractivity contribution >= 4 is 28.4 Å². The van der Waals surface area contributed by atoms with Crippen LogP contribution in [0, 0.1) is 5.92 Å². The maximum absolute atomic E-state index is 11.6. The summed E-state index contributed by atoms with van der Waals surface area (Å²) in [5.74, 6) is 1.57. The Labute approximate surface area is 179 Å². The van der Waals surface area contributed by atoms with E-state index in [0.29, 0.717) is 41.1 Å². The van der Waals surface area contributed by atoms with E-state index < -0.39 is 0 Å². The van der Waals surface area contributed by atoms with Gasteiger partial charge in [-0.3, -0.25) is 9.78 Å². The summed E-state index contributed by atoms with van der Waals surface area (Å²) in [6, 6.07) is 9.25. The molecule has 1 aliphatic heterocycles. The third-order valence-electron chi connectivity index (χ3n) is 5.28. The molecule has 0 spiro atoms. The summed E-state index contributed by atoms with van der Waals surface area (Å²) in [6.45, 7) is 2.55. The Hall–Kier alpha value is -3.06. The molecule has 7 nitrogen and oxygen atoms in total. The van der Waals surface area contributed by atoms with E-state index in [1.807, 2.05) is 25.1 Å². The van der Waals surface area contributed by atoms with Crippen LogP contribution in [0.1, 0.15) is 13.3 Å². The first-order valence-electron chi connectivity index (χ1n) is 9.61. The molecule has 1 N–H and O–H groups in total. The molecule has 3 aromatic rings. The summed E-state index contributed by atoms with van der Waals surface area (Å²) in [7, 11) is 3.10. The zero-order valence-electron chi connectivity index (χ0n) is 16.9. The van der Waals surface area contributed by atoms with Crippen molar-refractivity contribution < 1.29 is 19.0 Å². The van der Waals surface area contributed by atoms with Gasteiger partial charge in [-0.2, -0.15) is 0 Å². The first kappa shape index (κ1) is 20.2. The topological polar surface area (TPSA) is 82.6 Å². The number of carbonyl (C=O) groups is 1. The summed E-state index contributed by atoms with van der Waals surface area (Å²) in [5.41, 5.74) is 2.16. The average molecular weight is 428 g/mol. The predicted octanol–water partition coefficient (Wildman–Crippen LogP) is 3.87. The lowest BCUT2D eigenvalue weighted by Crippen LogP contribution is -2.26. The Morgan fingerprint density at radius 2 is 1.93 bits per heavy atom. The maximum Gasteiger partial charge on any atom is 0.223 e. The Morgan fingerprint density at radius 1 is 1.20 bits per heavy atom. The lowest BCUT2D eigenvalue weighted by molar-refractivity contribution is -0.119. The number of carbonyl (C=O) groups excluding carboxylic acids is 1. The number of ether oxygens (including phenoxy) is 3. The van der Waals surface area contributed by atoms with Gasteiger partial charge >= 0.3 is 0 Å². The second kappa shape index (κ2) is 8.36. The van der Waals surface area contributed by atoms with Crippen LogP contribution in [-0.2, 0) is 4.79 Å². The average Bonchev–Trinajstić information content (AvgIpc) is 3.20. The molecule has 0 bridgehead atoms. The molecule has 1 fully saturated rings. The molecule has 3 heterocycles. The molecule has 0 aliphatic carbocycles. The highest BCUT2D eigenvalue weighted by atomic mass is 35.5. The zero-order chi connectivity index (χ0) is 21.3. The Balaban J connectivity index is 1.78. The van der Waals surface area contributed by atoms with E-state index in [1.54, 1.807) is 32.5 Å². The highest BCUT2D eigenvalue weighted by Crippen LogP contribution is 2.39. The molecule has 156 valence electrons. The molecule has 30 heavy (non-hydrogen) atoms. The first-order chi connectivity index (χ1) is 14.5. The minimum Gasteiger partial charge on any atom is -0.495 e. The lowest BCUT2D eigenvalue weighted by Gasteiger charge is -2.20. The minimum absolute atomic E-state index is 0.0454. The van der Waals surface area contributed by atoms with Gasteiger partial charge in [-0.05, 0) is 37.3 Å². The summed E-state index contributed by atoms with van der Waals surface area (Å²) < 4.78 is 17.0. The third-order valence-corrected chi connectivity index (χ3v) is 5.65. The third kappa shape index (κ3) is 3.85. The quantitative estimate of drug-likeness (QED) is 0.643. The van der Waals surface area contributed by atoms with Crippen LogP contribution in [0.25, 0.3) is 22.2 Å². The van der Waals surface area contributed by atoms with Crippen LogP contribution < -0.4 is 19.5 Å². The molecule has 0 saturated carbocycles. The van der Waals surface area contributed by atoms with Gasteiger partial charge in [-0.1, -0.05) is 11.6 Å². The minimum atomic E-state index is -0.190. The van der Waals surface area contributed by atoms with E-state index in [4.69, 9.17) is 30.8 Å². The Bertz CT molecular complexity index is 1080. The Kier molecular flexibility index (Phi) is 5.63. The van der Waals surface area contributed by atoms with Crippen molar-refractivity contribution in [3.05, 3.63) is 41.6 Å². The van der Waals surface area contributed by atoms with E-state index >= 15 is 0 Å². The van der Waals surface area contributed by atoms with Gasteiger partial charge < -0.3 is 19.5 Å². The van der Waals surface area contributed by atoms with Gasteiger partial charge in [-0.15, -0.1) is 0 Å². The van der Waals surface area contributed by atoms with Crippen molar-refractivity contribution in [2.45, 2.75) is 19.4 Å². The summed E-state index contributed by atoms with van der Waals surface area (Å²) in [6.07, 6.45) is 1.98. The smallest absolute Gasteiger partial charge is 0.223 e. The van der Waals surface area contributed by atoms with Crippen molar-refractivity contribution in [1.29, 1.82) is 0 Å². The fraction of sp³-hybridized carbons (Fsp3) is 0.318. The van der Waals surface area contributed by atoms with E-state index in [2.05, 4.69) is 10.3 Å². The maximum atomic E-state index is 11.6. The molecule has 2 atom stereocenters. The highest BCUT2D eigenvalue weighted by molar-refractivity contribution is 6.33. The number of benzene rings is 1. The van der Waals surface area contributed by atoms with Crippen LogP contribution in [0.4, 0.5) is 0 Å². The largest absolute Gasteiger partial charge is 0.495 e. The molecule has 2 aromatic heterocycles. The van der Waals surface area contributed by atoms with Gasteiger partial charge in [0.15, 0.2) is 0 Å². The van der Waals surface area contributed by atoms with Gasteiger partial charge in [0.1, 0.15) is 22.6 Å². The molecule has 1 amide bonds. The molecule has 0 unspecified atom stereocenters. The second-order valence-electron chi connectivity index (χ2n) is 7.17. The molecule has 1 aromatic carbocycles. The number of rotatable bonds is 6. The van der Waals surface area contributed by atoms with E-state index in [9.17, 15) is 4.79 Å². The predicted molar refractivity (Wildman–Crippen MR) is 114 cm³/mol. The van der Waals surface area contributed by atoms with E-state index in [-0.39, 0.29) is 17.9 Å². The lowest BCUT2D eigenvalue weighted by atomic mass is 10.0. The number of nitrogens with zero attached hydrogens (tertiary/aromatic N) is 2. The van der Waals surface area contributed by atoms with Crippen LogP contribution >= 0.6 is 11.6 Å². The van der Waals surface area contributed by atoms with Gasteiger partial charge in [0, 0.05) is 30.6 Å². The van der Waals surface area contributed by atoms with Crippen LogP contribution in [0.5, 0.6) is 17.4 Å². The van der Waals surface area contributed by atoms with Crippen molar-refractivity contribution in [2.24, 2.45) is 5.92 Å². The second-order valence-corrected chi connectivity index (χ2v) is 7.55. The first-order valence-corrected chi connectivity index (χ1v) is 9.99. The van der Waals surface area contributed by atoms with Gasteiger partial charge in [0.2, 0.25) is 11.8 Å². The number of fused-ring (bicyclic) bond motifs is 1. The molecular weight excluding hydrogens is 406 g/mol. The zero-order valence-corrected chi connectivity index (χ0v) is 17.7. The number of hydrogen-bond donors (Lipinski definition) is 1. The summed E-state index contributed by atoms with van der Waals surface area (Å²) >= 11 is 6.31. The standard InChI is InChI=1S/C22H22ClN3O4/c1-12(14-9-20(27)25-11-14)30-22-15-5-4-6-24-17(15)10-16(26-22)13-7-18(28-2)21(23)19(8-13)29-3/h4-8,10,12,14H,9,11H2,1-3H3,(H,25,27)/t12-,14-/m1/s1. The van der Waals surface area contributed by atoms with Gasteiger partial charge in [0.05, 0.1) is 30.8 Å². The molecule has 1 saturated heterocycles. The number of hydrogen-bond acceptors (Lipinski definition) is 6. The van der Waals surface area contributed by atoms with Crippen LogP contribution in [0.2, 0.25) is 5.02 Å². The normalized spacial score (nSPS) is 16.9.